The van der Waals surface area contributed by atoms with Crippen LogP contribution in [0.25, 0.3) is 11.1 Å². The number of carbonyl (C=O) groups excluding carboxylic acids is 1. The number of carbonyl (C=O) groups is 1. The van der Waals surface area contributed by atoms with Crippen LogP contribution in [0.2, 0.25) is 0 Å². The van der Waals surface area contributed by atoms with Gasteiger partial charge in [-0.05, 0) is 49.2 Å². The van der Waals surface area contributed by atoms with Crippen LogP contribution in [0.4, 0.5) is 0 Å². The van der Waals surface area contributed by atoms with E-state index in [4.69, 9.17) is 4.74 Å². The Morgan fingerprint density at radius 2 is 1.92 bits per heavy atom. The predicted octanol–water partition coefficient (Wildman–Crippen LogP) is 3.33. The van der Waals surface area contributed by atoms with Crippen LogP contribution in [0.1, 0.15) is 23.7 Å². The van der Waals surface area contributed by atoms with Gasteiger partial charge in [0, 0.05) is 24.0 Å². The highest BCUT2D eigenvalue weighted by atomic mass is 35.5. The minimum absolute atomic E-state index is 0. The second-order valence-electron chi connectivity index (χ2n) is 6.24. The maximum atomic E-state index is 12.6. The minimum atomic E-state index is -0.0587. The SMILES string of the molecule is COc1ccc(-c2cncc(C(=O)NC3CCNCC3C)c2)cc1.Cl.Cl. The molecule has 2 N–H and O–H groups in total. The molecule has 1 aliphatic rings. The van der Waals surface area contributed by atoms with Crippen molar-refractivity contribution in [1.29, 1.82) is 0 Å². The van der Waals surface area contributed by atoms with Crippen LogP contribution >= 0.6 is 24.8 Å². The van der Waals surface area contributed by atoms with Crippen LogP contribution in [0.5, 0.6) is 5.75 Å². The van der Waals surface area contributed by atoms with Crippen molar-refractivity contribution in [2.75, 3.05) is 20.2 Å². The monoisotopic (exact) mass is 397 g/mol. The molecule has 0 bridgehead atoms. The summed E-state index contributed by atoms with van der Waals surface area (Å²) in [6, 6.07) is 9.83. The third kappa shape index (κ3) is 5.34. The molecule has 1 amide bonds. The van der Waals surface area contributed by atoms with Crippen LogP contribution in [0.3, 0.4) is 0 Å². The number of nitrogens with one attached hydrogen (secondary N) is 2. The smallest absolute Gasteiger partial charge is 0.253 e. The second kappa shape index (κ2) is 10.4. The molecule has 3 rings (SSSR count). The molecule has 7 heteroatoms. The number of hydrogen-bond acceptors (Lipinski definition) is 4. The zero-order valence-electron chi connectivity index (χ0n) is 14.9. The Morgan fingerprint density at radius 3 is 2.58 bits per heavy atom. The number of pyridine rings is 1. The van der Waals surface area contributed by atoms with Gasteiger partial charge in [0.1, 0.15) is 5.75 Å². The number of amides is 1. The number of nitrogens with zero attached hydrogens (tertiary/aromatic N) is 1. The predicted molar refractivity (Wildman–Crippen MR) is 109 cm³/mol. The van der Waals surface area contributed by atoms with Gasteiger partial charge in [0.05, 0.1) is 12.7 Å². The number of halogens is 2. The molecule has 142 valence electrons. The van der Waals surface area contributed by atoms with Crippen molar-refractivity contribution < 1.29 is 9.53 Å². The molecule has 1 fully saturated rings. The van der Waals surface area contributed by atoms with E-state index in [0.29, 0.717) is 11.5 Å². The lowest BCUT2D eigenvalue weighted by molar-refractivity contribution is 0.0914. The maximum Gasteiger partial charge on any atom is 0.253 e. The summed E-state index contributed by atoms with van der Waals surface area (Å²) in [7, 11) is 1.64. The van der Waals surface area contributed by atoms with E-state index < -0.39 is 0 Å². The van der Waals surface area contributed by atoms with Crippen molar-refractivity contribution in [3.63, 3.8) is 0 Å². The number of rotatable bonds is 4. The summed E-state index contributed by atoms with van der Waals surface area (Å²) in [6.45, 7) is 4.04. The van der Waals surface area contributed by atoms with Crippen molar-refractivity contribution >= 4 is 30.7 Å². The van der Waals surface area contributed by atoms with E-state index in [2.05, 4.69) is 22.5 Å². The molecule has 2 heterocycles. The first-order chi connectivity index (χ1) is 11.7. The highest BCUT2D eigenvalue weighted by molar-refractivity contribution is 5.95. The van der Waals surface area contributed by atoms with E-state index in [0.717, 1.165) is 36.4 Å². The molecule has 2 aromatic rings. The number of ether oxygens (including phenoxy) is 1. The van der Waals surface area contributed by atoms with Crippen LogP contribution in [-0.4, -0.2) is 37.1 Å². The summed E-state index contributed by atoms with van der Waals surface area (Å²) in [6.07, 6.45) is 4.35. The van der Waals surface area contributed by atoms with Gasteiger partial charge in [0.2, 0.25) is 0 Å². The zero-order valence-corrected chi connectivity index (χ0v) is 16.5. The summed E-state index contributed by atoms with van der Waals surface area (Å²) in [5, 5.41) is 6.49. The minimum Gasteiger partial charge on any atom is -0.497 e. The van der Waals surface area contributed by atoms with Crippen molar-refractivity contribution in [3.05, 3.63) is 48.3 Å². The lowest BCUT2D eigenvalue weighted by atomic mass is 9.95. The highest BCUT2D eigenvalue weighted by Crippen LogP contribution is 2.22. The molecule has 0 saturated carbocycles. The fourth-order valence-electron chi connectivity index (χ4n) is 2.99. The van der Waals surface area contributed by atoms with Gasteiger partial charge in [0.15, 0.2) is 0 Å². The average Bonchev–Trinajstić information content (AvgIpc) is 2.64. The average molecular weight is 398 g/mol. The normalized spacial score (nSPS) is 18.8. The Kier molecular flexibility index (Phi) is 8.85. The second-order valence-corrected chi connectivity index (χ2v) is 6.24. The fraction of sp³-hybridized carbons (Fsp3) is 0.368. The quantitative estimate of drug-likeness (QED) is 0.830. The first kappa shape index (κ1) is 22.2. The Bertz CT molecular complexity index is 710. The van der Waals surface area contributed by atoms with Crippen molar-refractivity contribution in [2.45, 2.75) is 19.4 Å². The molecule has 2 unspecified atom stereocenters. The summed E-state index contributed by atoms with van der Waals surface area (Å²) >= 11 is 0. The van der Waals surface area contributed by atoms with Gasteiger partial charge in [-0.1, -0.05) is 19.1 Å². The van der Waals surface area contributed by atoms with Crippen molar-refractivity contribution in [1.82, 2.24) is 15.6 Å². The van der Waals surface area contributed by atoms with E-state index in [1.165, 1.54) is 0 Å². The first-order valence-corrected chi connectivity index (χ1v) is 8.28. The van der Waals surface area contributed by atoms with Crippen LogP contribution in [0.15, 0.2) is 42.7 Å². The Hall–Kier alpha value is -1.82. The summed E-state index contributed by atoms with van der Waals surface area (Å²) in [5.74, 6) is 1.18. The molecule has 0 radical (unpaired) electrons. The lowest BCUT2D eigenvalue weighted by Gasteiger charge is -2.30. The molecule has 1 aromatic carbocycles. The standard InChI is InChI=1S/C19H23N3O2.2ClH/c1-13-10-20-8-7-18(13)22-19(23)16-9-15(11-21-12-16)14-3-5-17(24-2)6-4-14;;/h3-6,9,11-13,18,20H,7-8,10H2,1-2H3,(H,22,23);2*1H. The molecule has 0 spiro atoms. The van der Waals surface area contributed by atoms with E-state index in [1.807, 2.05) is 30.3 Å². The number of benzene rings is 1. The van der Waals surface area contributed by atoms with E-state index >= 15 is 0 Å². The van der Waals surface area contributed by atoms with Crippen molar-refractivity contribution in [2.24, 2.45) is 5.92 Å². The van der Waals surface area contributed by atoms with Crippen LogP contribution < -0.4 is 15.4 Å². The van der Waals surface area contributed by atoms with Gasteiger partial charge in [-0.15, -0.1) is 24.8 Å². The summed E-state index contributed by atoms with van der Waals surface area (Å²) in [4.78, 5) is 16.8. The van der Waals surface area contributed by atoms with Gasteiger partial charge < -0.3 is 15.4 Å². The summed E-state index contributed by atoms with van der Waals surface area (Å²) < 4.78 is 5.18. The topological polar surface area (TPSA) is 63.2 Å². The molecular formula is C19H25Cl2N3O2. The number of aromatic nitrogens is 1. The zero-order chi connectivity index (χ0) is 16.9. The number of hydrogen-bond donors (Lipinski definition) is 2. The Morgan fingerprint density at radius 1 is 1.19 bits per heavy atom. The van der Waals surface area contributed by atoms with Gasteiger partial charge in [-0.3, -0.25) is 9.78 Å². The third-order valence-electron chi connectivity index (χ3n) is 4.53. The molecule has 0 aliphatic carbocycles. The molecule has 26 heavy (non-hydrogen) atoms. The largest absolute Gasteiger partial charge is 0.497 e. The van der Waals surface area contributed by atoms with Gasteiger partial charge in [0.25, 0.3) is 5.91 Å². The van der Waals surface area contributed by atoms with Crippen LogP contribution in [0, 0.1) is 5.92 Å². The number of methoxy groups -OCH3 is 1. The molecule has 5 nitrogen and oxygen atoms in total. The number of piperidine rings is 1. The summed E-state index contributed by atoms with van der Waals surface area (Å²) in [5.41, 5.74) is 2.52. The highest BCUT2D eigenvalue weighted by Gasteiger charge is 2.23. The Balaban J connectivity index is 0.00000169. The molecule has 1 aromatic heterocycles. The van der Waals surface area contributed by atoms with Crippen molar-refractivity contribution in [3.8, 4) is 16.9 Å². The third-order valence-corrected chi connectivity index (χ3v) is 4.53. The molecule has 2 atom stereocenters. The Labute approximate surface area is 166 Å². The fourth-order valence-corrected chi connectivity index (χ4v) is 2.99. The maximum absolute atomic E-state index is 12.6. The molecule has 1 saturated heterocycles. The van der Waals surface area contributed by atoms with Gasteiger partial charge in [-0.2, -0.15) is 0 Å². The van der Waals surface area contributed by atoms with E-state index in [9.17, 15) is 4.79 Å². The first-order valence-electron chi connectivity index (χ1n) is 8.28. The van der Waals surface area contributed by atoms with E-state index in [1.54, 1.807) is 19.5 Å². The van der Waals surface area contributed by atoms with Crippen LogP contribution in [-0.2, 0) is 0 Å². The van der Waals surface area contributed by atoms with E-state index in [-0.39, 0.29) is 36.8 Å². The molecular weight excluding hydrogens is 373 g/mol. The lowest BCUT2D eigenvalue weighted by Crippen LogP contribution is -2.48. The molecule has 1 aliphatic heterocycles. The van der Waals surface area contributed by atoms with Gasteiger partial charge >= 0.3 is 0 Å². The van der Waals surface area contributed by atoms with Gasteiger partial charge in [-0.25, -0.2) is 0 Å².